The number of phosphoric acid groups is 4. The predicted molar refractivity (Wildman–Crippen MR) is 124 cm³/mol. The summed E-state index contributed by atoms with van der Waals surface area (Å²) in [5.41, 5.74) is 0. The molecule has 0 heterocycles. The molecular formula is C12H36O24P4. The Hall–Kier alpha value is 0.120. The van der Waals surface area contributed by atoms with Gasteiger partial charge in [0.05, 0.1) is 52.9 Å². The highest BCUT2D eigenvalue weighted by molar-refractivity contribution is 7.47. The van der Waals surface area contributed by atoms with Crippen molar-refractivity contribution in [2.75, 3.05) is 52.9 Å². The number of phosphoric ester groups is 4. The molecule has 0 aromatic rings. The lowest BCUT2D eigenvalue weighted by Crippen LogP contribution is -2.20. The van der Waals surface area contributed by atoms with Crippen LogP contribution in [-0.4, -0.2) is 157 Å². The van der Waals surface area contributed by atoms with Crippen molar-refractivity contribution in [2.45, 2.75) is 24.4 Å². The van der Waals surface area contributed by atoms with Gasteiger partial charge < -0.3 is 80.0 Å². The predicted octanol–water partition coefficient (Wildman–Crippen LogP) is -6.20. The minimum absolute atomic E-state index is 0.569. The Bertz CT molecular complexity index is 692. The average Bonchev–Trinajstić information content (AvgIpc) is 2.81. The summed E-state index contributed by atoms with van der Waals surface area (Å²) in [5.74, 6) is 0. The van der Waals surface area contributed by atoms with Crippen LogP contribution in [0.25, 0.3) is 0 Å². The van der Waals surface area contributed by atoms with E-state index in [0.717, 1.165) is 0 Å². The van der Waals surface area contributed by atoms with E-state index in [0.29, 0.717) is 0 Å². The van der Waals surface area contributed by atoms with Crippen molar-refractivity contribution in [1.82, 2.24) is 0 Å². The molecule has 0 aromatic carbocycles. The van der Waals surface area contributed by atoms with Crippen LogP contribution < -0.4 is 0 Å². The second-order valence-electron chi connectivity index (χ2n) is 6.45. The van der Waals surface area contributed by atoms with Crippen molar-refractivity contribution in [1.29, 1.82) is 0 Å². The molecule has 248 valence electrons. The van der Waals surface area contributed by atoms with E-state index in [9.17, 15) is 18.3 Å². The zero-order chi connectivity index (χ0) is 32.8. The Kier molecular flexibility index (Phi) is 28.9. The topological polar surface area (TPSA) is 429 Å². The van der Waals surface area contributed by atoms with Crippen LogP contribution in [0.2, 0.25) is 0 Å². The number of aliphatic hydroxyl groups is 8. The van der Waals surface area contributed by atoms with Crippen LogP contribution in [0.15, 0.2) is 0 Å². The fourth-order valence-corrected chi connectivity index (χ4v) is 2.65. The highest BCUT2D eigenvalue weighted by Crippen LogP contribution is 2.37. The zero-order valence-electron chi connectivity index (χ0n) is 20.2. The molecule has 3 atom stereocenters. The zero-order valence-corrected chi connectivity index (χ0v) is 23.8. The van der Waals surface area contributed by atoms with E-state index in [1.807, 2.05) is 0 Å². The van der Waals surface area contributed by atoms with Gasteiger partial charge in [-0.15, -0.1) is 0 Å². The molecule has 0 saturated carbocycles. The molecule has 40 heavy (non-hydrogen) atoms. The van der Waals surface area contributed by atoms with Gasteiger partial charge in [0.25, 0.3) is 0 Å². The van der Waals surface area contributed by atoms with Gasteiger partial charge >= 0.3 is 31.3 Å². The molecule has 0 spiro atoms. The summed E-state index contributed by atoms with van der Waals surface area (Å²) < 4.78 is 55.2. The molecule has 0 amide bonds. The summed E-state index contributed by atoms with van der Waals surface area (Å²) in [6.07, 6.45) is -4.94. The maximum atomic E-state index is 10.0. The third-order valence-electron chi connectivity index (χ3n) is 2.63. The number of hydrogen-bond donors (Lipinski definition) is 16. The second-order valence-corrected chi connectivity index (χ2v) is 11.4. The van der Waals surface area contributed by atoms with Gasteiger partial charge in [-0.2, -0.15) is 0 Å². The maximum Gasteiger partial charge on any atom is 0.470 e. The van der Waals surface area contributed by atoms with Crippen LogP contribution in [0.5, 0.6) is 0 Å². The van der Waals surface area contributed by atoms with Crippen LogP contribution in [0.1, 0.15) is 0 Å². The molecule has 0 aliphatic rings. The Morgan fingerprint density at radius 3 is 0.750 bits per heavy atom. The van der Waals surface area contributed by atoms with Gasteiger partial charge in [0, 0.05) is 0 Å². The molecule has 0 saturated heterocycles. The van der Waals surface area contributed by atoms with Crippen molar-refractivity contribution in [3.63, 3.8) is 0 Å². The van der Waals surface area contributed by atoms with E-state index >= 15 is 0 Å². The second kappa shape index (κ2) is 24.6. The summed E-state index contributed by atoms with van der Waals surface area (Å²) in [4.78, 5) is 64.6. The average molecular weight is 688 g/mol. The van der Waals surface area contributed by atoms with Gasteiger partial charge in [0.15, 0.2) is 0 Å². The third kappa shape index (κ3) is 47.9. The van der Waals surface area contributed by atoms with Gasteiger partial charge in [-0.05, 0) is 0 Å². The van der Waals surface area contributed by atoms with E-state index in [4.69, 9.17) is 80.0 Å². The molecule has 0 bridgehead atoms. The number of hydrogen-bond acceptors (Lipinski definition) is 16. The number of aliphatic hydroxyl groups excluding tert-OH is 8. The summed E-state index contributed by atoms with van der Waals surface area (Å²) in [6, 6.07) is 0. The molecule has 16 N–H and O–H groups in total. The summed E-state index contributed by atoms with van der Waals surface area (Å²) in [6.45, 7) is -4.70. The lowest BCUT2D eigenvalue weighted by atomic mass is 10.4. The quantitative estimate of drug-likeness (QED) is 0.0670. The Morgan fingerprint density at radius 1 is 0.425 bits per heavy atom. The molecule has 28 heteroatoms. The van der Waals surface area contributed by atoms with Crippen molar-refractivity contribution >= 4 is 31.3 Å². The molecule has 0 aliphatic carbocycles. The fourth-order valence-electron chi connectivity index (χ4n) is 1.03. The first-order valence-electron chi connectivity index (χ1n) is 9.78. The van der Waals surface area contributed by atoms with Gasteiger partial charge in [-0.25, -0.2) is 18.3 Å². The van der Waals surface area contributed by atoms with Gasteiger partial charge in [0.2, 0.25) is 0 Å². The van der Waals surface area contributed by atoms with Crippen molar-refractivity contribution in [3.8, 4) is 0 Å². The monoisotopic (exact) mass is 688 g/mol. The first-order chi connectivity index (χ1) is 17.9. The third-order valence-corrected chi connectivity index (χ3v) is 4.66. The van der Waals surface area contributed by atoms with Crippen LogP contribution in [-0.2, 0) is 36.4 Å². The Morgan fingerprint density at radius 2 is 0.650 bits per heavy atom. The molecule has 0 radical (unpaired) electrons. The van der Waals surface area contributed by atoms with Crippen LogP contribution in [0.4, 0.5) is 0 Å². The lowest BCUT2D eigenvalue weighted by Gasteiger charge is -2.11. The molecular weight excluding hydrogens is 652 g/mol. The van der Waals surface area contributed by atoms with Gasteiger partial charge in [-0.3, -0.25) is 18.1 Å². The highest BCUT2D eigenvalue weighted by atomic mass is 31.2. The van der Waals surface area contributed by atoms with Gasteiger partial charge in [-0.1, -0.05) is 0 Å². The summed E-state index contributed by atoms with van der Waals surface area (Å²) in [5, 5.41) is 66.5. The van der Waals surface area contributed by atoms with Crippen LogP contribution >= 0.6 is 31.3 Å². The largest absolute Gasteiger partial charge is 0.470 e. The standard InChI is InChI=1S/4C3H9O6P/c3*4-1-3(5)2-9-10(6,7)8;4-1-3(2-5)9-10(6,7)8/h4*3-5H,1-2H2,(H2,6,7,8)/t2*3-;;/m10../s1. The van der Waals surface area contributed by atoms with Crippen LogP contribution in [0, 0.1) is 0 Å². The lowest BCUT2D eigenvalue weighted by molar-refractivity contribution is 0.0391. The van der Waals surface area contributed by atoms with E-state index in [1.165, 1.54) is 0 Å². The molecule has 1 unspecified atom stereocenters. The summed E-state index contributed by atoms with van der Waals surface area (Å²) in [7, 11) is -18.1. The summed E-state index contributed by atoms with van der Waals surface area (Å²) >= 11 is 0. The first kappa shape index (κ1) is 47.1. The number of rotatable bonds is 16. The highest BCUT2D eigenvalue weighted by Gasteiger charge is 2.20. The Labute approximate surface area is 225 Å². The van der Waals surface area contributed by atoms with Gasteiger partial charge in [0.1, 0.15) is 24.4 Å². The molecule has 24 nitrogen and oxygen atoms in total. The smallest absolute Gasteiger partial charge is 0.394 e. The normalized spacial score (nSPS) is 14.5. The van der Waals surface area contributed by atoms with E-state index < -0.39 is 109 Å². The minimum atomic E-state index is -4.57. The maximum absolute atomic E-state index is 10.0. The van der Waals surface area contributed by atoms with Crippen molar-refractivity contribution in [2.24, 2.45) is 0 Å². The van der Waals surface area contributed by atoms with E-state index in [1.54, 1.807) is 0 Å². The Balaban J connectivity index is -0.000000216. The van der Waals surface area contributed by atoms with Crippen molar-refractivity contribution < 1.29 is 116 Å². The van der Waals surface area contributed by atoms with E-state index in [2.05, 4.69) is 18.1 Å². The van der Waals surface area contributed by atoms with E-state index in [-0.39, 0.29) is 0 Å². The molecule has 0 aliphatic heterocycles. The SMILES string of the molecule is O=P(O)(O)OC(CO)CO.O=P(O)(O)OCC(O)CO.O=P(O)(O)OC[C@@H](O)CO.O=P(O)(O)OC[C@H](O)CO. The molecule has 0 aromatic heterocycles. The van der Waals surface area contributed by atoms with Crippen molar-refractivity contribution in [3.05, 3.63) is 0 Å². The minimum Gasteiger partial charge on any atom is -0.394 e. The first-order valence-corrected chi connectivity index (χ1v) is 15.9. The van der Waals surface area contributed by atoms with Crippen LogP contribution in [0.3, 0.4) is 0 Å². The molecule has 0 fully saturated rings. The molecule has 0 rings (SSSR count). The fraction of sp³-hybridized carbons (Fsp3) is 1.00.